The Bertz CT molecular complexity index is 1020. The lowest BCUT2D eigenvalue weighted by Crippen LogP contribution is -2.45. The van der Waals surface area contributed by atoms with Crippen molar-refractivity contribution in [3.8, 4) is 11.3 Å². The largest absolute Gasteiger partial charge is 0.396 e. The van der Waals surface area contributed by atoms with Crippen LogP contribution < -0.4 is 16.0 Å². The van der Waals surface area contributed by atoms with Crippen LogP contribution in [0.2, 0.25) is 0 Å². The summed E-state index contributed by atoms with van der Waals surface area (Å²) < 4.78 is 13.7. The second kappa shape index (κ2) is 8.86. The third-order valence-corrected chi connectivity index (χ3v) is 5.19. The van der Waals surface area contributed by atoms with E-state index >= 15 is 0 Å². The molecule has 0 unspecified atom stereocenters. The van der Waals surface area contributed by atoms with Crippen LogP contribution in [0.4, 0.5) is 26.5 Å². The highest BCUT2D eigenvalue weighted by atomic mass is 19.1. The summed E-state index contributed by atoms with van der Waals surface area (Å²) in [7, 11) is 0. The molecular formula is C22H23FN6O. The Morgan fingerprint density at radius 3 is 2.70 bits per heavy atom. The standard InChI is InChI=1S/C22H23FN6O/c23-16-12-15(13-25-14-16)19-10-9-18(24)21(27-19)29(17-6-2-1-3-7-17)22(30)28-20-8-4-5-11-26-20/h4-5,8-14,17H,1-3,6-7,24H2,(H,26,28,30). The molecular weight excluding hydrogens is 383 g/mol. The first kappa shape index (κ1) is 19.8. The maximum absolute atomic E-state index is 13.7. The molecule has 0 aromatic carbocycles. The number of anilines is 3. The van der Waals surface area contributed by atoms with Gasteiger partial charge in [-0.2, -0.15) is 0 Å². The van der Waals surface area contributed by atoms with Crippen molar-refractivity contribution in [1.29, 1.82) is 0 Å². The van der Waals surface area contributed by atoms with E-state index in [1.807, 2.05) is 0 Å². The Morgan fingerprint density at radius 1 is 1.13 bits per heavy atom. The van der Waals surface area contributed by atoms with Gasteiger partial charge in [-0.15, -0.1) is 0 Å². The summed E-state index contributed by atoms with van der Waals surface area (Å²) in [5.41, 5.74) is 7.64. The minimum atomic E-state index is -0.454. The predicted octanol–water partition coefficient (Wildman–Crippen LogP) is 4.63. The fraction of sp³-hybridized carbons (Fsp3) is 0.273. The zero-order valence-corrected chi connectivity index (χ0v) is 16.5. The molecule has 3 aromatic heterocycles. The van der Waals surface area contributed by atoms with Crippen LogP contribution in [-0.2, 0) is 0 Å². The van der Waals surface area contributed by atoms with E-state index in [0.29, 0.717) is 28.6 Å². The van der Waals surface area contributed by atoms with E-state index in [0.717, 1.165) is 38.3 Å². The van der Waals surface area contributed by atoms with Crippen LogP contribution in [0.15, 0.2) is 55.0 Å². The second-order valence-electron chi connectivity index (χ2n) is 7.31. The minimum absolute atomic E-state index is 0.0295. The number of carbonyl (C=O) groups excluding carboxylic acids is 1. The minimum Gasteiger partial charge on any atom is -0.396 e. The smallest absolute Gasteiger partial charge is 0.328 e. The zero-order valence-electron chi connectivity index (χ0n) is 16.5. The van der Waals surface area contributed by atoms with Crippen molar-refractivity contribution >= 4 is 23.4 Å². The van der Waals surface area contributed by atoms with Gasteiger partial charge in [0.15, 0.2) is 5.82 Å². The molecule has 1 aliphatic carbocycles. The van der Waals surface area contributed by atoms with E-state index in [-0.39, 0.29) is 12.1 Å². The van der Waals surface area contributed by atoms with E-state index < -0.39 is 5.82 Å². The SMILES string of the molecule is Nc1ccc(-c2cncc(F)c2)nc1N(C(=O)Nc1ccccn1)C1CCCCC1. The lowest BCUT2D eigenvalue weighted by molar-refractivity contribution is 0.252. The number of pyridine rings is 3. The summed E-state index contributed by atoms with van der Waals surface area (Å²) in [6, 6.07) is 9.68. The van der Waals surface area contributed by atoms with Gasteiger partial charge in [0.25, 0.3) is 0 Å². The number of nitrogens with zero attached hydrogens (tertiary/aromatic N) is 4. The summed E-state index contributed by atoms with van der Waals surface area (Å²) in [6.45, 7) is 0. The van der Waals surface area contributed by atoms with E-state index in [2.05, 4.69) is 20.3 Å². The molecule has 0 spiro atoms. The fourth-order valence-corrected chi connectivity index (χ4v) is 3.75. The van der Waals surface area contributed by atoms with Crippen LogP contribution in [0, 0.1) is 5.82 Å². The highest BCUT2D eigenvalue weighted by molar-refractivity contribution is 6.03. The maximum Gasteiger partial charge on any atom is 0.328 e. The number of rotatable bonds is 4. The van der Waals surface area contributed by atoms with Crippen LogP contribution in [0.3, 0.4) is 0 Å². The third kappa shape index (κ3) is 4.37. The van der Waals surface area contributed by atoms with Gasteiger partial charge in [0.1, 0.15) is 11.6 Å². The lowest BCUT2D eigenvalue weighted by Gasteiger charge is -2.34. The molecule has 3 N–H and O–H groups in total. The second-order valence-corrected chi connectivity index (χ2v) is 7.31. The van der Waals surface area contributed by atoms with Crippen molar-refractivity contribution in [3.63, 3.8) is 0 Å². The molecule has 2 amide bonds. The van der Waals surface area contributed by atoms with Crippen molar-refractivity contribution in [2.24, 2.45) is 0 Å². The van der Waals surface area contributed by atoms with Crippen LogP contribution in [-0.4, -0.2) is 27.0 Å². The van der Waals surface area contributed by atoms with Gasteiger partial charge >= 0.3 is 6.03 Å². The van der Waals surface area contributed by atoms with Crippen LogP contribution in [0.25, 0.3) is 11.3 Å². The molecule has 8 heteroatoms. The fourth-order valence-electron chi connectivity index (χ4n) is 3.75. The Kier molecular flexibility index (Phi) is 5.83. The average Bonchev–Trinajstić information content (AvgIpc) is 2.77. The van der Waals surface area contributed by atoms with Gasteiger partial charge in [-0.1, -0.05) is 25.3 Å². The van der Waals surface area contributed by atoms with Crippen LogP contribution >= 0.6 is 0 Å². The number of aromatic nitrogens is 3. The van der Waals surface area contributed by atoms with Gasteiger partial charge in [0, 0.05) is 24.0 Å². The molecule has 0 saturated heterocycles. The summed E-state index contributed by atoms with van der Waals surface area (Å²) in [6.07, 6.45) is 9.22. The van der Waals surface area contributed by atoms with Crippen molar-refractivity contribution in [2.45, 2.75) is 38.1 Å². The van der Waals surface area contributed by atoms with E-state index in [1.165, 1.54) is 12.3 Å². The Balaban J connectivity index is 1.72. The van der Waals surface area contributed by atoms with Crippen molar-refractivity contribution in [1.82, 2.24) is 15.0 Å². The molecule has 1 aliphatic rings. The Labute approximate surface area is 174 Å². The number of carbonyl (C=O) groups is 1. The summed E-state index contributed by atoms with van der Waals surface area (Å²) in [5.74, 6) is 0.356. The molecule has 1 fully saturated rings. The quantitative estimate of drug-likeness (QED) is 0.658. The summed E-state index contributed by atoms with van der Waals surface area (Å²) in [4.78, 5) is 27.6. The average molecular weight is 406 g/mol. The molecule has 7 nitrogen and oxygen atoms in total. The molecule has 30 heavy (non-hydrogen) atoms. The number of nitrogens with one attached hydrogen (secondary N) is 1. The number of hydrogen-bond acceptors (Lipinski definition) is 5. The molecule has 154 valence electrons. The Hall–Kier alpha value is -3.55. The molecule has 1 saturated carbocycles. The highest BCUT2D eigenvalue weighted by Gasteiger charge is 2.30. The molecule has 0 atom stereocenters. The third-order valence-electron chi connectivity index (χ3n) is 5.19. The number of urea groups is 1. The van der Waals surface area contributed by atoms with Gasteiger partial charge in [-0.3, -0.25) is 15.2 Å². The lowest BCUT2D eigenvalue weighted by atomic mass is 9.94. The van der Waals surface area contributed by atoms with Gasteiger partial charge in [-0.25, -0.2) is 19.2 Å². The number of amides is 2. The van der Waals surface area contributed by atoms with Crippen LogP contribution in [0.5, 0.6) is 0 Å². The topological polar surface area (TPSA) is 97.0 Å². The van der Waals surface area contributed by atoms with Crippen molar-refractivity contribution in [2.75, 3.05) is 16.0 Å². The molecule has 0 bridgehead atoms. The van der Waals surface area contributed by atoms with E-state index in [9.17, 15) is 9.18 Å². The number of nitrogens with two attached hydrogens (primary N) is 1. The normalized spacial score (nSPS) is 14.3. The van der Waals surface area contributed by atoms with E-state index in [4.69, 9.17) is 5.73 Å². The Morgan fingerprint density at radius 2 is 1.97 bits per heavy atom. The molecule has 0 aliphatic heterocycles. The van der Waals surface area contributed by atoms with Gasteiger partial charge in [-0.05, 0) is 43.2 Å². The summed E-state index contributed by atoms with van der Waals surface area (Å²) in [5, 5.41) is 2.84. The number of hydrogen-bond donors (Lipinski definition) is 2. The first-order valence-electron chi connectivity index (χ1n) is 10.0. The predicted molar refractivity (Wildman–Crippen MR) is 114 cm³/mol. The summed E-state index contributed by atoms with van der Waals surface area (Å²) >= 11 is 0. The van der Waals surface area contributed by atoms with Crippen molar-refractivity contribution < 1.29 is 9.18 Å². The monoisotopic (exact) mass is 406 g/mol. The van der Waals surface area contributed by atoms with Gasteiger partial charge in [0.2, 0.25) is 0 Å². The molecule has 4 rings (SSSR count). The maximum atomic E-state index is 13.7. The first-order valence-corrected chi connectivity index (χ1v) is 10.0. The zero-order chi connectivity index (χ0) is 20.9. The van der Waals surface area contributed by atoms with Gasteiger partial charge in [0.05, 0.1) is 17.6 Å². The molecule has 3 aromatic rings. The van der Waals surface area contributed by atoms with Gasteiger partial charge < -0.3 is 5.73 Å². The first-order chi connectivity index (χ1) is 14.6. The number of halogens is 1. The molecule has 0 radical (unpaired) electrons. The number of nitrogen functional groups attached to an aromatic ring is 1. The van der Waals surface area contributed by atoms with Crippen molar-refractivity contribution in [3.05, 3.63) is 60.8 Å². The highest BCUT2D eigenvalue weighted by Crippen LogP contribution is 2.32. The van der Waals surface area contributed by atoms with E-state index in [1.54, 1.807) is 41.4 Å². The van der Waals surface area contributed by atoms with Crippen LogP contribution in [0.1, 0.15) is 32.1 Å². The molecule has 3 heterocycles.